The van der Waals surface area contributed by atoms with Gasteiger partial charge in [-0.3, -0.25) is 0 Å². The minimum atomic E-state index is -0.966. The number of rotatable bonds is 5. The molecule has 0 saturated carbocycles. The molecule has 0 bridgehead atoms. The first kappa shape index (κ1) is 14.1. The van der Waals surface area contributed by atoms with Gasteiger partial charge in [0, 0.05) is 12.5 Å². The van der Waals surface area contributed by atoms with Crippen molar-refractivity contribution in [2.75, 3.05) is 20.6 Å². The van der Waals surface area contributed by atoms with Crippen molar-refractivity contribution >= 4 is 0 Å². The van der Waals surface area contributed by atoms with Crippen molar-refractivity contribution < 1.29 is 9.50 Å². The highest BCUT2D eigenvalue weighted by Gasteiger charge is 2.34. The number of hydrogen-bond acceptors (Lipinski definition) is 2. The molecule has 0 saturated heterocycles. The monoisotopic (exact) mass is 239 g/mol. The van der Waals surface area contributed by atoms with E-state index in [9.17, 15) is 9.50 Å². The van der Waals surface area contributed by atoms with Crippen LogP contribution in [0.5, 0.6) is 0 Å². The van der Waals surface area contributed by atoms with Crippen molar-refractivity contribution in [1.29, 1.82) is 0 Å². The van der Waals surface area contributed by atoms with E-state index < -0.39 is 5.60 Å². The Labute approximate surface area is 103 Å². The molecule has 0 spiro atoms. The van der Waals surface area contributed by atoms with Crippen molar-refractivity contribution in [1.82, 2.24) is 4.90 Å². The summed E-state index contributed by atoms with van der Waals surface area (Å²) in [5.74, 6) is -0.254. The molecule has 0 aliphatic heterocycles. The summed E-state index contributed by atoms with van der Waals surface area (Å²) in [6, 6.07) is 6.26. The summed E-state index contributed by atoms with van der Waals surface area (Å²) in [4.78, 5) is 2.03. The first-order valence-electron chi connectivity index (χ1n) is 6.03. The van der Waals surface area contributed by atoms with Gasteiger partial charge in [-0.25, -0.2) is 4.39 Å². The van der Waals surface area contributed by atoms with Crippen LogP contribution in [0.4, 0.5) is 4.39 Å². The van der Waals surface area contributed by atoms with E-state index in [1.165, 1.54) is 12.1 Å². The van der Waals surface area contributed by atoms with Gasteiger partial charge in [-0.2, -0.15) is 0 Å². The van der Waals surface area contributed by atoms with Crippen LogP contribution in [0, 0.1) is 11.7 Å². The standard InChI is InChI=1S/C14H22FNO/c1-5-14(17,11(2)10-16(3)4)12-7-6-8-13(15)9-12/h6-9,11,17H,5,10H2,1-4H3/t11-,14-/m1/s1. The summed E-state index contributed by atoms with van der Waals surface area (Å²) < 4.78 is 13.2. The molecular weight excluding hydrogens is 217 g/mol. The van der Waals surface area contributed by atoms with Gasteiger partial charge in [0.15, 0.2) is 0 Å². The van der Waals surface area contributed by atoms with Crippen molar-refractivity contribution in [3.8, 4) is 0 Å². The van der Waals surface area contributed by atoms with E-state index in [0.717, 1.165) is 6.54 Å². The summed E-state index contributed by atoms with van der Waals surface area (Å²) in [5.41, 5.74) is -0.304. The number of aliphatic hydroxyl groups is 1. The van der Waals surface area contributed by atoms with Crippen LogP contribution in [0.25, 0.3) is 0 Å². The van der Waals surface area contributed by atoms with Gasteiger partial charge >= 0.3 is 0 Å². The summed E-state index contributed by atoms with van der Waals surface area (Å²) >= 11 is 0. The lowest BCUT2D eigenvalue weighted by Crippen LogP contribution is -2.38. The zero-order valence-corrected chi connectivity index (χ0v) is 11.1. The van der Waals surface area contributed by atoms with Crippen molar-refractivity contribution in [3.05, 3.63) is 35.6 Å². The molecule has 0 aliphatic carbocycles. The highest BCUT2D eigenvalue weighted by molar-refractivity contribution is 5.24. The highest BCUT2D eigenvalue weighted by atomic mass is 19.1. The van der Waals surface area contributed by atoms with E-state index in [2.05, 4.69) is 0 Å². The Morgan fingerprint density at radius 3 is 2.53 bits per heavy atom. The van der Waals surface area contributed by atoms with Crippen molar-refractivity contribution in [2.45, 2.75) is 25.9 Å². The van der Waals surface area contributed by atoms with Crippen LogP contribution < -0.4 is 0 Å². The van der Waals surface area contributed by atoms with Gasteiger partial charge in [0.2, 0.25) is 0 Å². The molecule has 0 heterocycles. The van der Waals surface area contributed by atoms with Gasteiger partial charge in [-0.1, -0.05) is 26.0 Å². The van der Waals surface area contributed by atoms with E-state index >= 15 is 0 Å². The lowest BCUT2D eigenvalue weighted by Gasteiger charge is -2.35. The number of nitrogens with zero attached hydrogens (tertiary/aromatic N) is 1. The predicted octanol–water partition coefficient (Wildman–Crippen LogP) is 2.62. The maximum Gasteiger partial charge on any atom is 0.123 e. The van der Waals surface area contributed by atoms with Gasteiger partial charge in [-0.05, 0) is 38.2 Å². The molecule has 2 atom stereocenters. The lowest BCUT2D eigenvalue weighted by atomic mass is 9.80. The molecule has 0 aromatic heterocycles. The first-order chi connectivity index (χ1) is 7.90. The van der Waals surface area contributed by atoms with Crippen molar-refractivity contribution in [3.63, 3.8) is 0 Å². The van der Waals surface area contributed by atoms with E-state index in [4.69, 9.17) is 0 Å². The third-order valence-corrected chi connectivity index (χ3v) is 3.32. The predicted molar refractivity (Wildman–Crippen MR) is 68.3 cm³/mol. The number of hydrogen-bond donors (Lipinski definition) is 1. The topological polar surface area (TPSA) is 23.5 Å². The smallest absolute Gasteiger partial charge is 0.123 e. The minimum absolute atomic E-state index is 0.0456. The summed E-state index contributed by atoms with van der Waals surface area (Å²) in [6.45, 7) is 4.69. The normalized spacial score (nSPS) is 16.9. The molecule has 0 radical (unpaired) electrons. The molecular formula is C14H22FNO. The van der Waals surface area contributed by atoms with Crippen LogP contribution >= 0.6 is 0 Å². The Bertz CT molecular complexity index is 367. The lowest BCUT2D eigenvalue weighted by molar-refractivity contribution is -0.0294. The van der Waals surface area contributed by atoms with Crippen LogP contribution in [0.15, 0.2) is 24.3 Å². The number of halogens is 1. The third-order valence-electron chi connectivity index (χ3n) is 3.32. The Morgan fingerprint density at radius 2 is 2.06 bits per heavy atom. The second kappa shape index (κ2) is 5.61. The molecule has 2 nitrogen and oxygen atoms in total. The van der Waals surface area contributed by atoms with Crippen LogP contribution in [0.3, 0.4) is 0 Å². The Morgan fingerprint density at radius 1 is 1.41 bits per heavy atom. The van der Waals surface area contributed by atoms with E-state index in [1.807, 2.05) is 32.8 Å². The molecule has 1 N–H and O–H groups in total. The Balaban J connectivity index is 3.02. The van der Waals surface area contributed by atoms with Crippen LogP contribution in [0.2, 0.25) is 0 Å². The molecule has 1 rings (SSSR count). The largest absolute Gasteiger partial charge is 0.385 e. The quantitative estimate of drug-likeness (QED) is 0.854. The zero-order valence-electron chi connectivity index (χ0n) is 11.1. The van der Waals surface area contributed by atoms with Gasteiger partial charge in [0.1, 0.15) is 5.82 Å². The molecule has 0 aliphatic rings. The third kappa shape index (κ3) is 3.27. The molecule has 0 unspecified atom stereocenters. The molecule has 0 amide bonds. The van der Waals surface area contributed by atoms with Gasteiger partial charge < -0.3 is 10.0 Å². The molecule has 1 aromatic carbocycles. The van der Waals surface area contributed by atoms with Crippen LogP contribution in [0.1, 0.15) is 25.8 Å². The highest BCUT2D eigenvalue weighted by Crippen LogP contribution is 2.33. The van der Waals surface area contributed by atoms with Crippen LogP contribution in [-0.2, 0) is 5.60 Å². The Hall–Kier alpha value is -0.930. The zero-order chi connectivity index (χ0) is 13.1. The maximum atomic E-state index is 13.2. The fraction of sp³-hybridized carbons (Fsp3) is 0.571. The summed E-state index contributed by atoms with van der Waals surface area (Å²) in [5, 5.41) is 10.7. The second-order valence-electron chi connectivity index (χ2n) is 4.95. The average molecular weight is 239 g/mol. The van der Waals surface area contributed by atoms with Gasteiger partial charge in [-0.15, -0.1) is 0 Å². The van der Waals surface area contributed by atoms with E-state index in [0.29, 0.717) is 12.0 Å². The van der Waals surface area contributed by atoms with Crippen LogP contribution in [-0.4, -0.2) is 30.6 Å². The maximum absolute atomic E-state index is 13.2. The Kier molecular flexibility index (Phi) is 4.66. The SMILES string of the molecule is CC[C@](O)(c1cccc(F)c1)[C@H](C)CN(C)C. The second-order valence-corrected chi connectivity index (χ2v) is 4.95. The molecule has 17 heavy (non-hydrogen) atoms. The van der Waals surface area contributed by atoms with Crippen molar-refractivity contribution in [2.24, 2.45) is 5.92 Å². The number of benzene rings is 1. The fourth-order valence-corrected chi connectivity index (χ4v) is 2.29. The molecule has 96 valence electrons. The summed E-state index contributed by atoms with van der Waals surface area (Å²) in [7, 11) is 3.94. The minimum Gasteiger partial charge on any atom is -0.385 e. The van der Waals surface area contributed by atoms with Gasteiger partial charge in [0.05, 0.1) is 5.60 Å². The van der Waals surface area contributed by atoms with E-state index in [1.54, 1.807) is 12.1 Å². The van der Waals surface area contributed by atoms with Gasteiger partial charge in [0.25, 0.3) is 0 Å². The van der Waals surface area contributed by atoms with E-state index in [-0.39, 0.29) is 11.7 Å². The molecule has 3 heteroatoms. The first-order valence-corrected chi connectivity index (χ1v) is 6.03. The molecule has 1 aromatic rings. The molecule has 0 fully saturated rings. The summed E-state index contributed by atoms with van der Waals surface area (Å²) in [6.07, 6.45) is 0.575. The average Bonchev–Trinajstić information content (AvgIpc) is 2.27. The fourth-order valence-electron chi connectivity index (χ4n) is 2.29.